The van der Waals surface area contributed by atoms with E-state index in [4.69, 9.17) is 0 Å². The molecule has 4 aliphatic rings. The summed E-state index contributed by atoms with van der Waals surface area (Å²) in [5.41, 5.74) is 0.588. The molecule has 0 amide bonds. The van der Waals surface area contributed by atoms with Gasteiger partial charge in [-0.2, -0.15) is 0 Å². The summed E-state index contributed by atoms with van der Waals surface area (Å²) in [6.45, 7) is 5.92. The van der Waals surface area contributed by atoms with Gasteiger partial charge in [0, 0.05) is 17.9 Å². The third-order valence-electron chi connectivity index (χ3n) is 9.03. The zero-order chi connectivity index (χ0) is 17.1. The summed E-state index contributed by atoms with van der Waals surface area (Å²) in [7, 11) is 4.24. The van der Waals surface area contributed by atoms with E-state index in [1.165, 1.54) is 57.8 Å². The van der Waals surface area contributed by atoms with Crippen LogP contribution in [0.1, 0.15) is 71.6 Å². The van der Waals surface area contributed by atoms with Crippen LogP contribution in [0.2, 0.25) is 0 Å². The van der Waals surface area contributed by atoms with Gasteiger partial charge in [0.1, 0.15) is 5.78 Å². The second-order valence-electron chi connectivity index (χ2n) is 10.4. The van der Waals surface area contributed by atoms with E-state index in [-0.39, 0.29) is 5.41 Å². The molecule has 0 heterocycles. The van der Waals surface area contributed by atoms with Crippen molar-refractivity contribution in [2.45, 2.75) is 71.6 Å². The first-order valence-electron chi connectivity index (χ1n) is 10.6. The van der Waals surface area contributed by atoms with Crippen molar-refractivity contribution in [3.05, 3.63) is 0 Å². The molecular weight excluding hydrogens is 294 g/mol. The van der Waals surface area contributed by atoms with Crippen molar-refractivity contribution in [2.24, 2.45) is 40.4 Å². The van der Waals surface area contributed by atoms with E-state index in [1.807, 2.05) is 0 Å². The molecule has 0 aromatic carbocycles. The minimum atomic E-state index is -0.000291. The summed E-state index contributed by atoms with van der Waals surface area (Å²) in [4.78, 5) is 15.4. The van der Waals surface area contributed by atoms with Gasteiger partial charge in [-0.05, 0) is 88.1 Å². The van der Waals surface area contributed by atoms with E-state index < -0.39 is 0 Å². The largest absolute Gasteiger partial charge is 0.309 e. The molecule has 4 fully saturated rings. The fraction of sp³-hybridized carbons (Fsp3) is 0.955. The molecule has 4 aliphatic carbocycles. The number of Topliss-reactive ketones (excluding diaryl/α,β-unsaturated/α-hetero) is 1. The molecule has 2 nitrogen and oxygen atoms in total. The quantitative estimate of drug-likeness (QED) is 0.726. The van der Waals surface area contributed by atoms with Gasteiger partial charge in [-0.3, -0.25) is 4.79 Å². The Balaban J connectivity index is 1.61. The van der Waals surface area contributed by atoms with E-state index in [9.17, 15) is 4.79 Å². The van der Waals surface area contributed by atoms with Crippen LogP contribution in [0.15, 0.2) is 0 Å². The fourth-order valence-electron chi connectivity index (χ4n) is 7.83. The smallest absolute Gasteiger partial charge is 0.143 e. The second kappa shape index (κ2) is 5.83. The summed E-state index contributed by atoms with van der Waals surface area (Å²) < 4.78 is 0. The van der Waals surface area contributed by atoms with Crippen LogP contribution in [-0.2, 0) is 4.79 Å². The number of ketones is 1. The third-order valence-corrected chi connectivity index (χ3v) is 9.03. The van der Waals surface area contributed by atoms with Gasteiger partial charge in [0.05, 0.1) is 0 Å². The van der Waals surface area contributed by atoms with E-state index in [1.54, 1.807) is 0 Å². The molecule has 0 aliphatic heterocycles. The molecule has 0 aromatic rings. The highest BCUT2D eigenvalue weighted by Crippen LogP contribution is 2.66. The van der Waals surface area contributed by atoms with Gasteiger partial charge < -0.3 is 4.90 Å². The molecule has 1 unspecified atom stereocenters. The van der Waals surface area contributed by atoms with Crippen LogP contribution in [0.5, 0.6) is 0 Å². The predicted molar refractivity (Wildman–Crippen MR) is 98.8 cm³/mol. The van der Waals surface area contributed by atoms with Crippen LogP contribution < -0.4 is 0 Å². The van der Waals surface area contributed by atoms with Crippen LogP contribution in [0.3, 0.4) is 0 Å². The van der Waals surface area contributed by atoms with E-state index in [0.29, 0.717) is 23.0 Å². The van der Waals surface area contributed by atoms with Crippen LogP contribution in [0.4, 0.5) is 0 Å². The molecule has 4 rings (SSSR count). The van der Waals surface area contributed by atoms with Crippen molar-refractivity contribution < 1.29 is 4.79 Å². The highest BCUT2D eigenvalue weighted by atomic mass is 16.1. The minimum Gasteiger partial charge on any atom is -0.309 e. The third kappa shape index (κ3) is 2.35. The van der Waals surface area contributed by atoms with Gasteiger partial charge in [-0.25, -0.2) is 0 Å². The number of carbonyl (C=O) groups is 1. The minimum absolute atomic E-state index is 0.000291. The molecule has 0 saturated heterocycles. The van der Waals surface area contributed by atoms with E-state index in [2.05, 4.69) is 32.8 Å². The lowest BCUT2D eigenvalue weighted by atomic mass is 9.45. The van der Waals surface area contributed by atoms with Gasteiger partial charge in [-0.15, -0.1) is 0 Å². The van der Waals surface area contributed by atoms with E-state index in [0.717, 1.165) is 24.3 Å². The van der Waals surface area contributed by atoms with Crippen molar-refractivity contribution in [1.82, 2.24) is 4.90 Å². The standard InChI is InChI=1S/C22H37NO/c1-21-11-6-5-7-16(21)8-9-17-18(21)10-12-22(2)19(17)13-15(20(22)24)14-23(3)4/h15-19H,5-14H2,1-4H3/t15?,16-,17-,18+,19+,21+,22+/m1/s1. The molecule has 0 spiro atoms. The zero-order valence-electron chi connectivity index (χ0n) is 16.3. The van der Waals surface area contributed by atoms with Crippen LogP contribution in [0, 0.1) is 40.4 Å². The van der Waals surface area contributed by atoms with E-state index >= 15 is 0 Å². The maximum absolute atomic E-state index is 13.2. The lowest BCUT2D eigenvalue weighted by Crippen LogP contribution is -2.52. The first-order valence-corrected chi connectivity index (χ1v) is 10.6. The highest BCUT2D eigenvalue weighted by molar-refractivity contribution is 5.89. The summed E-state index contributed by atoms with van der Waals surface area (Å²) in [6.07, 6.45) is 12.4. The monoisotopic (exact) mass is 331 g/mol. The number of hydrogen-bond acceptors (Lipinski definition) is 2. The maximum atomic E-state index is 13.2. The number of nitrogens with zero attached hydrogens (tertiary/aromatic N) is 1. The molecular formula is C22H37NO. The van der Waals surface area contributed by atoms with Gasteiger partial charge in [0.2, 0.25) is 0 Å². The van der Waals surface area contributed by atoms with Gasteiger partial charge in [0.25, 0.3) is 0 Å². The molecule has 24 heavy (non-hydrogen) atoms. The number of carbonyl (C=O) groups excluding carboxylic acids is 1. The van der Waals surface area contributed by atoms with Gasteiger partial charge in [-0.1, -0.05) is 26.7 Å². The average molecular weight is 332 g/mol. The van der Waals surface area contributed by atoms with Gasteiger partial charge >= 0.3 is 0 Å². The zero-order valence-corrected chi connectivity index (χ0v) is 16.3. The SMILES string of the molecule is CN(C)CC1C[C@H]2[C@@H]3CC[C@H]4CCCC[C@]4(C)[C@H]3CC[C@]2(C)C1=O. The van der Waals surface area contributed by atoms with Gasteiger partial charge in [0.15, 0.2) is 0 Å². The molecule has 4 saturated carbocycles. The first kappa shape index (κ1) is 17.1. The Morgan fingerprint density at radius 2 is 1.79 bits per heavy atom. The molecule has 0 aromatic heterocycles. The summed E-state index contributed by atoms with van der Waals surface area (Å²) >= 11 is 0. The topological polar surface area (TPSA) is 20.3 Å². The van der Waals surface area contributed by atoms with Crippen LogP contribution >= 0.6 is 0 Å². The lowest BCUT2D eigenvalue weighted by molar-refractivity contribution is -0.140. The average Bonchev–Trinajstić information content (AvgIpc) is 2.78. The van der Waals surface area contributed by atoms with Crippen molar-refractivity contribution in [1.29, 1.82) is 0 Å². The van der Waals surface area contributed by atoms with Crippen molar-refractivity contribution in [3.63, 3.8) is 0 Å². The number of hydrogen-bond donors (Lipinski definition) is 0. The molecule has 0 radical (unpaired) electrons. The lowest BCUT2D eigenvalue weighted by Gasteiger charge is -2.59. The normalized spacial score (nSPS) is 51.2. The molecule has 136 valence electrons. The van der Waals surface area contributed by atoms with Crippen LogP contribution in [0.25, 0.3) is 0 Å². The second-order valence-corrected chi connectivity index (χ2v) is 10.4. The number of fused-ring (bicyclic) bond motifs is 5. The Hall–Kier alpha value is -0.370. The van der Waals surface area contributed by atoms with Crippen molar-refractivity contribution >= 4 is 5.78 Å². The maximum Gasteiger partial charge on any atom is 0.143 e. The Bertz CT molecular complexity index is 514. The van der Waals surface area contributed by atoms with Crippen molar-refractivity contribution in [3.8, 4) is 0 Å². The molecule has 0 N–H and O–H groups in total. The highest BCUT2D eigenvalue weighted by Gasteiger charge is 2.61. The Morgan fingerprint density at radius 3 is 2.54 bits per heavy atom. The first-order chi connectivity index (χ1) is 11.4. The Morgan fingerprint density at radius 1 is 1.00 bits per heavy atom. The predicted octanol–water partition coefficient (Wildman–Crippen LogP) is 4.78. The van der Waals surface area contributed by atoms with Crippen molar-refractivity contribution in [2.75, 3.05) is 20.6 Å². The Labute approximate surface area is 148 Å². The Kier molecular flexibility index (Phi) is 4.14. The summed E-state index contributed by atoms with van der Waals surface area (Å²) in [5.74, 6) is 4.29. The summed E-state index contributed by atoms with van der Waals surface area (Å²) in [5, 5.41) is 0. The molecule has 0 bridgehead atoms. The molecule has 2 heteroatoms. The number of rotatable bonds is 2. The fourth-order valence-corrected chi connectivity index (χ4v) is 7.83. The van der Waals surface area contributed by atoms with Crippen LogP contribution in [-0.4, -0.2) is 31.3 Å². The summed E-state index contributed by atoms with van der Waals surface area (Å²) in [6, 6.07) is 0. The molecule has 7 atom stereocenters.